The molecular weight excluding hydrogens is 326 g/mol. The maximum Gasteiger partial charge on any atom is 0.237 e. The summed E-state index contributed by atoms with van der Waals surface area (Å²) < 4.78 is 5.70. The molecule has 1 saturated heterocycles. The molecule has 1 amide bonds. The number of carbonyl (C=O) groups is 1. The third kappa shape index (κ3) is 5.21. The Bertz CT molecular complexity index is 578. The Morgan fingerprint density at radius 2 is 1.96 bits per heavy atom. The maximum atomic E-state index is 12.4. The topological polar surface area (TPSA) is 44.8 Å². The van der Waals surface area contributed by atoms with Gasteiger partial charge in [-0.15, -0.1) is 0 Å². The standard InChI is InChI=1S/C21H33N3O2/c1-17-6-5-9-20(16-17)26-15-10-22-21(25)18(2)23-11-13-24(14-12-23)19-7-3-4-8-19/h5-6,9,16,18-19H,3-4,7-8,10-15H2,1-2H3,(H,22,25). The minimum atomic E-state index is -0.0697. The monoisotopic (exact) mass is 359 g/mol. The van der Waals surface area contributed by atoms with Crippen LogP contribution in [0.1, 0.15) is 38.2 Å². The van der Waals surface area contributed by atoms with Gasteiger partial charge < -0.3 is 10.1 Å². The Labute approximate surface area is 157 Å². The molecule has 1 saturated carbocycles. The van der Waals surface area contributed by atoms with Gasteiger partial charge in [-0.2, -0.15) is 0 Å². The molecule has 1 unspecified atom stereocenters. The lowest BCUT2D eigenvalue weighted by Gasteiger charge is -2.40. The van der Waals surface area contributed by atoms with Gasteiger partial charge in [0.2, 0.25) is 5.91 Å². The number of nitrogens with zero attached hydrogens (tertiary/aromatic N) is 2. The zero-order chi connectivity index (χ0) is 18.4. The van der Waals surface area contributed by atoms with Crippen molar-refractivity contribution in [1.29, 1.82) is 0 Å². The molecule has 144 valence electrons. The Morgan fingerprint density at radius 1 is 1.23 bits per heavy atom. The first-order valence-electron chi connectivity index (χ1n) is 10.1. The molecule has 1 N–H and O–H groups in total. The van der Waals surface area contributed by atoms with E-state index in [1.807, 2.05) is 38.1 Å². The van der Waals surface area contributed by atoms with Crippen LogP contribution in [0.25, 0.3) is 0 Å². The normalized spacial score (nSPS) is 20.8. The quantitative estimate of drug-likeness (QED) is 0.760. The molecular formula is C21H33N3O2. The van der Waals surface area contributed by atoms with Gasteiger partial charge in [-0.3, -0.25) is 14.6 Å². The van der Waals surface area contributed by atoms with E-state index in [0.717, 1.165) is 38.0 Å². The van der Waals surface area contributed by atoms with Crippen LogP contribution in [0.15, 0.2) is 24.3 Å². The number of aryl methyl sites for hydroxylation is 1. The number of ether oxygens (including phenoxy) is 1. The van der Waals surface area contributed by atoms with Crippen molar-refractivity contribution in [2.75, 3.05) is 39.3 Å². The second-order valence-electron chi connectivity index (χ2n) is 7.64. The van der Waals surface area contributed by atoms with Gasteiger partial charge in [0.05, 0.1) is 12.6 Å². The lowest BCUT2D eigenvalue weighted by atomic mass is 10.1. The van der Waals surface area contributed by atoms with E-state index in [-0.39, 0.29) is 11.9 Å². The smallest absolute Gasteiger partial charge is 0.237 e. The zero-order valence-electron chi connectivity index (χ0n) is 16.2. The third-order valence-electron chi connectivity index (χ3n) is 5.78. The number of hydrogen-bond acceptors (Lipinski definition) is 4. The summed E-state index contributed by atoms with van der Waals surface area (Å²) in [6, 6.07) is 8.70. The minimum absolute atomic E-state index is 0.0697. The highest BCUT2D eigenvalue weighted by Gasteiger charge is 2.29. The van der Waals surface area contributed by atoms with Gasteiger partial charge >= 0.3 is 0 Å². The summed E-state index contributed by atoms with van der Waals surface area (Å²) in [5.74, 6) is 0.961. The van der Waals surface area contributed by atoms with Crippen molar-refractivity contribution in [3.8, 4) is 5.75 Å². The highest BCUT2D eigenvalue weighted by Crippen LogP contribution is 2.24. The number of nitrogens with one attached hydrogen (secondary N) is 1. The van der Waals surface area contributed by atoms with Gasteiger partial charge in [0, 0.05) is 32.2 Å². The van der Waals surface area contributed by atoms with Crippen molar-refractivity contribution in [2.24, 2.45) is 0 Å². The molecule has 1 atom stereocenters. The molecule has 2 fully saturated rings. The van der Waals surface area contributed by atoms with Gasteiger partial charge in [-0.05, 0) is 44.4 Å². The van der Waals surface area contributed by atoms with Gasteiger partial charge in [0.1, 0.15) is 12.4 Å². The Balaban J connectivity index is 1.34. The molecule has 1 heterocycles. The van der Waals surface area contributed by atoms with Crippen molar-refractivity contribution in [3.05, 3.63) is 29.8 Å². The maximum absolute atomic E-state index is 12.4. The summed E-state index contributed by atoms with van der Waals surface area (Å²) in [5.41, 5.74) is 1.18. The van der Waals surface area contributed by atoms with Crippen LogP contribution in [0.5, 0.6) is 5.75 Å². The van der Waals surface area contributed by atoms with E-state index in [2.05, 4.69) is 15.1 Å². The number of piperazine rings is 1. The largest absolute Gasteiger partial charge is 0.492 e. The molecule has 2 aliphatic rings. The molecule has 0 radical (unpaired) electrons. The third-order valence-corrected chi connectivity index (χ3v) is 5.78. The SMILES string of the molecule is Cc1cccc(OCCNC(=O)C(C)N2CCN(C3CCCC3)CC2)c1. The van der Waals surface area contributed by atoms with Crippen LogP contribution in [-0.2, 0) is 4.79 Å². The summed E-state index contributed by atoms with van der Waals surface area (Å²) in [7, 11) is 0. The van der Waals surface area contributed by atoms with Crippen LogP contribution in [0.4, 0.5) is 0 Å². The second-order valence-corrected chi connectivity index (χ2v) is 7.64. The van der Waals surface area contributed by atoms with E-state index in [9.17, 15) is 4.79 Å². The molecule has 26 heavy (non-hydrogen) atoms. The summed E-state index contributed by atoms with van der Waals surface area (Å²) >= 11 is 0. The van der Waals surface area contributed by atoms with Crippen LogP contribution in [0, 0.1) is 6.92 Å². The van der Waals surface area contributed by atoms with Crippen molar-refractivity contribution in [1.82, 2.24) is 15.1 Å². The number of carbonyl (C=O) groups excluding carboxylic acids is 1. The molecule has 5 heteroatoms. The molecule has 0 bridgehead atoms. The zero-order valence-corrected chi connectivity index (χ0v) is 16.2. The van der Waals surface area contributed by atoms with E-state index in [4.69, 9.17) is 4.74 Å². The van der Waals surface area contributed by atoms with E-state index in [0.29, 0.717) is 13.2 Å². The van der Waals surface area contributed by atoms with Gasteiger partial charge in [-0.1, -0.05) is 25.0 Å². The average molecular weight is 360 g/mol. The molecule has 1 aliphatic heterocycles. The van der Waals surface area contributed by atoms with Crippen molar-refractivity contribution < 1.29 is 9.53 Å². The lowest BCUT2D eigenvalue weighted by molar-refractivity contribution is -0.126. The summed E-state index contributed by atoms with van der Waals surface area (Å²) in [4.78, 5) is 17.4. The number of benzene rings is 1. The Morgan fingerprint density at radius 3 is 2.65 bits per heavy atom. The Kier molecular flexibility index (Phi) is 6.92. The first-order chi connectivity index (χ1) is 12.6. The number of amides is 1. The first kappa shape index (κ1) is 19.2. The predicted octanol–water partition coefficient (Wildman–Crippen LogP) is 2.44. The number of rotatable bonds is 7. The highest BCUT2D eigenvalue weighted by atomic mass is 16.5. The van der Waals surface area contributed by atoms with Crippen LogP contribution in [0.2, 0.25) is 0 Å². The summed E-state index contributed by atoms with van der Waals surface area (Å²) in [6.07, 6.45) is 5.48. The van der Waals surface area contributed by atoms with E-state index < -0.39 is 0 Å². The minimum Gasteiger partial charge on any atom is -0.492 e. The van der Waals surface area contributed by atoms with E-state index in [1.54, 1.807) is 0 Å². The first-order valence-corrected chi connectivity index (χ1v) is 10.1. The number of hydrogen-bond donors (Lipinski definition) is 1. The summed E-state index contributed by atoms with van der Waals surface area (Å²) in [6.45, 7) is 9.27. The Hall–Kier alpha value is -1.59. The van der Waals surface area contributed by atoms with Gasteiger partial charge in [0.15, 0.2) is 0 Å². The molecule has 1 aromatic rings. The molecule has 0 spiro atoms. The fraction of sp³-hybridized carbons (Fsp3) is 0.667. The van der Waals surface area contributed by atoms with Crippen LogP contribution in [0.3, 0.4) is 0 Å². The fourth-order valence-electron chi connectivity index (χ4n) is 4.12. The van der Waals surface area contributed by atoms with Gasteiger partial charge in [0.25, 0.3) is 0 Å². The fourth-order valence-corrected chi connectivity index (χ4v) is 4.12. The molecule has 1 aromatic carbocycles. The van der Waals surface area contributed by atoms with Crippen LogP contribution in [-0.4, -0.2) is 67.1 Å². The van der Waals surface area contributed by atoms with Gasteiger partial charge in [-0.25, -0.2) is 0 Å². The van der Waals surface area contributed by atoms with E-state index >= 15 is 0 Å². The molecule has 3 rings (SSSR count). The predicted molar refractivity (Wildman–Crippen MR) is 105 cm³/mol. The molecule has 1 aliphatic carbocycles. The molecule has 5 nitrogen and oxygen atoms in total. The lowest BCUT2D eigenvalue weighted by Crippen LogP contribution is -2.55. The summed E-state index contributed by atoms with van der Waals surface area (Å²) in [5, 5.41) is 3.01. The van der Waals surface area contributed by atoms with Crippen molar-refractivity contribution >= 4 is 5.91 Å². The average Bonchev–Trinajstić information content (AvgIpc) is 3.19. The van der Waals surface area contributed by atoms with Crippen LogP contribution < -0.4 is 10.1 Å². The van der Waals surface area contributed by atoms with Crippen molar-refractivity contribution in [2.45, 2.75) is 51.6 Å². The second kappa shape index (κ2) is 9.38. The highest BCUT2D eigenvalue weighted by molar-refractivity contribution is 5.81. The van der Waals surface area contributed by atoms with Crippen LogP contribution >= 0.6 is 0 Å². The van der Waals surface area contributed by atoms with E-state index in [1.165, 1.54) is 31.2 Å². The van der Waals surface area contributed by atoms with Crippen molar-refractivity contribution in [3.63, 3.8) is 0 Å². The molecule has 0 aromatic heterocycles.